The standard InChI is InChI=1S/C14H19NO2S/c16-14(8-11-4-1-2-7-15-11)9-12-5-3-6-13(10-14)18(12)17/h1-2,4,7,12-13,16H,3,5-6,8-10H2. The number of fused-ring (bicyclic) bond motifs is 2. The number of pyridine rings is 1. The first kappa shape index (κ1) is 12.3. The van der Waals surface area contributed by atoms with Crippen molar-refractivity contribution in [2.75, 3.05) is 0 Å². The molecule has 0 saturated carbocycles. The van der Waals surface area contributed by atoms with Gasteiger partial charge in [0.15, 0.2) is 0 Å². The van der Waals surface area contributed by atoms with E-state index in [1.54, 1.807) is 6.20 Å². The highest BCUT2D eigenvalue weighted by atomic mass is 32.2. The lowest BCUT2D eigenvalue weighted by Crippen LogP contribution is -2.50. The van der Waals surface area contributed by atoms with Gasteiger partial charge in [-0.1, -0.05) is 12.5 Å². The predicted molar refractivity (Wildman–Crippen MR) is 71.7 cm³/mol. The summed E-state index contributed by atoms with van der Waals surface area (Å²) in [5.74, 6) is 0. The Morgan fingerprint density at radius 1 is 1.33 bits per heavy atom. The molecule has 1 aromatic heterocycles. The van der Waals surface area contributed by atoms with Crippen molar-refractivity contribution in [3.8, 4) is 0 Å². The third-order valence-electron chi connectivity index (χ3n) is 4.16. The Morgan fingerprint density at radius 2 is 2.06 bits per heavy atom. The molecule has 4 heteroatoms. The van der Waals surface area contributed by atoms with Gasteiger partial charge in [-0.05, 0) is 37.8 Å². The Bertz CT molecular complexity index is 432. The molecule has 0 aromatic carbocycles. The summed E-state index contributed by atoms with van der Waals surface area (Å²) < 4.78 is 12.1. The van der Waals surface area contributed by atoms with Gasteiger partial charge in [0.05, 0.1) is 5.60 Å². The van der Waals surface area contributed by atoms with E-state index < -0.39 is 16.4 Å². The summed E-state index contributed by atoms with van der Waals surface area (Å²) in [4.78, 5) is 4.30. The van der Waals surface area contributed by atoms with Crippen LogP contribution in [0.15, 0.2) is 24.4 Å². The van der Waals surface area contributed by atoms with Gasteiger partial charge in [0.1, 0.15) is 0 Å². The summed E-state index contributed by atoms with van der Waals surface area (Å²) in [6, 6.07) is 5.80. The zero-order chi connectivity index (χ0) is 12.6. The fourth-order valence-electron chi connectivity index (χ4n) is 3.36. The lowest BCUT2D eigenvalue weighted by atomic mass is 9.82. The molecule has 2 fully saturated rings. The second-order valence-corrected chi connectivity index (χ2v) is 7.62. The molecule has 2 saturated heterocycles. The van der Waals surface area contributed by atoms with Crippen LogP contribution in [0.4, 0.5) is 0 Å². The molecule has 2 unspecified atom stereocenters. The Balaban J connectivity index is 1.77. The molecule has 2 bridgehead atoms. The number of aromatic nitrogens is 1. The Labute approximate surface area is 110 Å². The van der Waals surface area contributed by atoms with E-state index in [0.717, 1.165) is 18.5 Å². The van der Waals surface area contributed by atoms with Crippen LogP contribution in [-0.4, -0.2) is 30.4 Å². The zero-order valence-electron chi connectivity index (χ0n) is 10.4. The summed E-state index contributed by atoms with van der Waals surface area (Å²) in [6.07, 6.45) is 6.89. The van der Waals surface area contributed by atoms with Crippen molar-refractivity contribution in [2.24, 2.45) is 0 Å². The highest BCUT2D eigenvalue weighted by molar-refractivity contribution is 7.86. The molecule has 3 heterocycles. The van der Waals surface area contributed by atoms with Crippen molar-refractivity contribution in [1.29, 1.82) is 0 Å². The summed E-state index contributed by atoms with van der Waals surface area (Å²) in [7, 11) is -0.721. The van der Waals surface area contributed by atoms with E-state index in [2.05, 4.69) is 4.98 Å². The average Bonchev–Trinajstić information content (AvgIpc) is 2.33. The topological polar surface area (TPSA) is 50.2 Å². The number of hydrogen-bond acceptors (Lipinski definition) is 3. The van der Waals surface area contributed by atoms with E-state index in [1.807, 2.05) is 18.2 Å². The first-order valence-corrected chi connectivity index (χ1v) is 7.96. The summed E-state index contributed by atoms with van der Waals surface area (Å²) >= 11 is 0. The van der Waals surface area contributed by atoms with Crippen LogP contribution < -0.4 is 0 Å². The van der Waals surface area contributed by atoms with E-state index in [-0.39, 0.29) is 10.5 Å². The van der Waals surface area contributed by atoms with Crippen LogP contribution in [0, 0.1) is 0 Å². The maximum absolute atomic E-state index is 12.1. The lowest BCUT2D eigenvalue weighted by Gasteiger charge is -2.43. The summed E-state index contributed by atoms with van der Waals surface area (Å²) in [5.41, 5.74) is 0.239. The van der Waals surface area contributed by atoms with Crippen molar-refractivity contribution >= 4 is 10.8 Å². The smallest absolute Gasteiger partial charge is 0.0725 e. The van der Waals surface area contributed by atoms with Gasteiger partial charge in [0, 0.05) is 39.6 Å². The van der Waals surface area contributed by atoms with E-state index >= 15 is 0 Å². The summed E-state index contributed by atoms with van der Waals surface area (Å²) in [5, 5.41) is 11.2. The van der Waals surface area contributed by atoms with Crippen molar-refractivity contribution in [2.45, 2.75) is 54.6 Å². The van der Waals surface area contributed by atoms with Crippen LogP contribution in [0.5, 0.6) is 0 Å². The third-order valence-corrected chi connectivity index (χ3v) is 6.28. The number of aliphatic hydroxyl groups is 1. The van der Waals surface area contributed by atoms with E-state index in [9.17, 15) is 9.32 Å². The van der Waals surface area contributed by atoms with Crippen LogP contribution in [0.2, 0.25) is 0 Å². The van der Waals surface area contributed by atoms with Gasteiger partial charge in [-0.15, -0.1) is 0 Å². The van der Waals surface area contributed by atoms with Gasteiger partial charge in [-0.25, -0.2) is 0 Å². The molecular weight excluding hydrogens is 246 g/mol. The number of hydrogen-bond donors (Lipinski definition) is 1. The Morgan fingerprint density at radius 3 is 2.67 bits per heavy atom. The Hall–Kier alpha value is -0.740. The third kappa shape index (κ3) is 2.36. The molecule has 0 aliphatic carbocycles. The zero-order valence-corrected chi connectivity index (χ0v) is 11.2. The van der Waals surface area contributed by atoms with Crippen LogP contribution in [0.1, 0.15) is 37.8 Å². The molecule has 1 N–H and O–H groups in total. The molecule has 2 aliphatic heterocycles. The second-order valence-electron chi connectivity index (χ2n) is 5.63. The van der Waals surface area contributed by atoms with E-state index in [0.29, 0.717) is 19.3 Å². The number of rotatable bonds is 2. The van der Waals surface area contributed by atoms with Crippen LogP contribution in [-0.2, 0) is 17.2 Å². The van der Waals surface area contributed by atoms with Gasteiger partial charge in [0.2, 0.25) is 0 Å². The van der Waals surface area contributed by atoms with Crippen molar-refractivity contribution in [3.05, 3.63) is 30.1 Å². The largest absolute Gasteiger partial charge is 0.389 e. The molecule has 2 atom stereocenters. The molecule has 18 heavy (non-hydrogen) atoms. The molecule has 0 radical (unpaired) electrons. The fourth-order valence-corrected chi connectivity index (χ4v) is 5.65. The van der Waals surface area contributed by atoms with Crippen molar-refractivity contribution in [1.82, 2.24) is 4.98 Å². The minimum atomic E-state index is -0.721. The van der Waals surface area contributed by atoms with Crippen molar-refractivity contribution < 1.29 is 9.32 Å². The van der Waals surface area contributed by atoms with E-state index in [4.69, 9.17) is 0 Å². The van der Waals surface area contributed by atoms with Gasteiger partial charge in [-0.2, -0.15) is 0 Å². The molecule has 0 amide bonds. The molecular formula is C14H19NO2S. The normalized spacial score (nSPS) is 39.5. The lowest BCUT2D eigenvalue weighted by molar-refractivity contribution is 0.0106. The van der Waals surface area contributed by atoms with E-state index in [1.165, 1.54) is 6.42 Å². The second kappa shape index (κ2) is 4.74. The first-order chi connectivity index (χ1) is 8.66. The first-order valence-electron chi connectivity index (χ1n) is 6.68. The molecule has 3 rings (SSSR count). The SMILES string of the molecule is O=S1C2CCCC1CC(O)(Cc1ccccn1)C2. The molecule has 2 aliphatic rings. The summed E-state index contributed by atoms with van der Waals surface area (Å²) in [6.45, 7) is 0. The van der Waals surface area contributed by atoms with Crippen LogP contribution in [0.3, 0.4) is 0 Å². The quantitative estimate of drug-likeness (QED) is 0.887. The maximum atomic E-state index is 12.1. The molecule has 98 valence electrons. The van der Waals surface area contributed by atoms with Crippen LogP contribution in [0.25, 0.3) is 0 Å². The molecule has 0 spiro atoms. The minimum Gasteiger partial charge on any atom is -0.389 e. The number of nitrogens with zero attached hydrogens (tertiary/aromatic N) is 1. The monoisotopic (exact) mass is 265 g/mol. The van der Waals surface area contributed by atoms with Crippen molar-refractivity contribution in [3.63, 3.8) is 0 Å². The van der Waals surface area contributed by atoms with Gasteiger partial charge < -0.3 is 5.11 Å². The maximum Gasteiger partial charge on any atom is 0.0725 e. The van der Waals surface area contributed by atoms with Gasteiger partial charge in [0.25, 0.3) is 0 Å². The van der Waals surface area contributed by atoms with Gasteiger partial charge >= 0.3 is 0 Å². The highest BCUT2D eigenvalue weighted by Crippen LogP contribution is 2.40. The predicted octanol–water partition coefficient (Wildman–Crippen LogP) is 1.82. The molecule has 1 aromatic rings. The fraction of sp³-hybridized carbons (Fsp3) is 0.643. The van der Waals surface area contributed by atoms with Crippen LogP contribution >= 0.6 is 0 Å². The molecule has 3 nitrogen and oxygen atoms in total. The minimum absolute atomic E-state index is 0.200. The Kier molecular flexibility index (Phi) is 3.24. The highest BCUT2D eigenvalue weighted by Gasteiger charge is 2.45. The van der Waals surface area contributed by atoms with Gasteiger partial charge in [-0.3, -0.25) is 9.19 Å². The average molecular weight is 265 g/mol.